The fraction of sp³-hybridized carbons (Fsp3) is 0.0870. The van der Waals surface area contributed by atoms with Gasteiger partial charge in [-0.15, -0.1) is 0 Å². The third-order valence-electron chi connectivity index (χ3n) is 4.93. The number of nitro benzene ring substituents is 1. The molecular weight excluding hydrogens is 428 g/mol. The molecule has 1 heterocycles. The third kappa shape index (κ3) is 4.37. The molecule has 1 aromatic heterocycles. The van der Waals surface area contributed by atoms with E-state index in [2.05, 4.69) is 4.98 Å². The lowest BCUT2D eigenvalue weighted by Crippen LogP contribution is -2.24. The van der Waals surface area contributed by atoms with Crippen LogP contribution in [0.15, 0.2) is 82.7 Å². The summed E-state index contributed by atoms with van der Waals surface area (Å²) in [6, 6.07) is 20.7. The van der Waals surface area contributed by atoms with E-state index in [1.807, 2.05) is 30.3 Å². The maximum absolute atomic E-state index is 13.2. The highest BCUT2D eigenvalue weighted by Crippen LogP contribution is 2.28. The number of carbonyl (C=O) groups is 1. The number of para-hydroxylation sites is 1. The summed E-state index contributed by atoms with van der Waals surface area (Å²) in [4.78, 5) is 40.2. The van der Waals surface area contributed by atoms with Crippen molar-refractivity contribution >= 4 is 34.3 Å². The second-order valence-electron chi connectivity index (χ2n) is 7.04. The number of hydrogen-bond donors (Lipinski definition) is 1. The normalized spacial score (nSPS) is 10.9. The van der Waals surface area contributed by atoms with E-state index in [0.717, 1.165) is 5.56 Å². The summed E-state index contributed by atoms with van der Waals surface area (Å²) in [6.07, 6.45) is 0. The Kier molecular flexibility index (Phi) is 6.00. The third-order valence-corrected chi connectivity index (χ3v) is 5.96. The zero-order valence-electron chi connectivity index (χ0n) is 16.8. The van der Waals surface area contributed by atoms with Gasteiger partial charge in [0.05, 0.1) is 22.4 Å². The first-order valence-electron chi connectivity index (χ1n) is 9.67. The number of carbonyl (C=O) groups excluding carboxylic acids is 1. The Morgan fingerprint density at radius 3 is 2.50 bits per heavy atom. The molecule has 1 amide bonds. The first-order valence-corrected chi connectivity index (χ1v) is 10.7. The van der Waals surface area contributed by atoms with Crippen LogP contribution in [0.2, 0.25) is 0 Å². The Labute approximate surface area is 186 Å². The zero-order valence-corrected chi connectivity index (χ0v) is 17.6. The van der Waals surface area contributed by atoms with E-state index < -0.39 is 10.8 Å². The van der Waals surface area contributed by atoms with E-state index in [1.165, 1.54) is 30.0 Å². The van der Waals surface area contributed by atoms with Crippen LogP contribution in [0.25, 0.3) is 10.9 Å². The average Bonchev–Trinajstić information content (AvgIpc) is 2.80. The molecule has 0 spiro atoms. The van der Waals surface area contributed by atoms with Gasteiger partial charge in [-0.1, -0.05) is 60.3 Å². The van der Waals surface area contributed by atoms with Gasteiger partial charge >= 0.3 is 0 Å². The predicted molar refractivity (Wildman–Crippen MR) is 123 cm³/mol. The van der Waals surface area contributed by atoms with E-state index in [-0.39, 0.29) is 22.6 Å². The quantitative estimate of drug-likeness (QED) is 0.200. The van der Waals surface area contributed by atoms with Gasteiger partial charge in [-0.3, -0.25) is 24.3 Å². The summed E-state index contributed by atoms with van der Waals surface area (Å²) in [5, 5.41) is 12.5. The van der Waals surface area contributed by atoms with Crippen molar-refractivity contribution in [3.8, 4) is 0 Å². The van der Waals surface area contributed by atoms with Gasteiger partial charge in [-0.05, 0) is 23.8 Å². The Bertz CT molecular complexity index is 1390. The zero-order chi connectivity index (χ0) is 22.7. The Morgan fingerprint density at radius 2 is 1.78 bits per heavy atom. The number of hydrogen-bond acceptors (Lipinski definition) is 6. The lowest BCUT2D eigenvalue weighted by atomic mass is 10.1. The van der Waals surface area contributed by atoms with Crippen LogP contribution in [0.5, 0.6) is 0 Å². The highest BCUT2D eigenvalue weighted by molar-refractivity contribution is 7.98. The highest BCUT2D eigenvalue weighted by Gasteiger charge is 2.18. The van der Waals surface area contributed by atoms with Crippen LogP contribution in [0, 0.1) is 10.1 Å². The molecule has 0 atom stereocenters. The fourth-order valence-corrected chi connectivity index (χ4v) is 4.31. The van der Waals surface area contributed by atoms with Crippen LogP contribution in [0.1, 0.15) is 21.5 Å². The Hall–Kier alpha value is -3.98. The number of thioether (sulfide) groups is 1. The van der Waals surface area contributed by atoms with Crippen molar-refractivity contribution < 1.29 is 9.72 Å². The molecule has 0 saturated heterocycles. The maximum atomic E-state index is 13.2. The summed E-state index contributed by atoms with van der Waals surface area (Å²) >= 11 is 1.23. The number of benzene rings is 3. The van der Waals surface area contributed by atoms with Crippen LogP contribution in [0.4, 0.5) is 5.69 Å². The predicted octanol–water partition coefficient (Wildman–Crippen LogP) is 3.74. The lowest BCUT2D eigenvalue weighted by molar-refractivity contribution is -0.385. The molecule has 160 valence electrons. The van der Waals surface area contributed by atoms with Crippen LogP contribution >= 0.6 is 11.8 Å². The van der Waals surface area contributed by atoms with E-state index in [9.17, 15) is 19.7 Å². The Balaban J connectivity index is 1.74. The van der Waals surface area contributed by atoms with Crippen LogP contribution in [-0.2, 0) is 12.3 Å². The molecule has 9 heteroatoms. The molecule has 0 aliphatic rings. The summed E-state index contributed by atoms with van der Waals surface area (Å²) in [7, 11) is 0. The maximum Gasteiger partial charge on any atom is 0.274 e. The minimum atomic E-state index is -0.736. The molecule has 4 rings (SSSR count). The first-order chi connectivity index (χ1) is 15.4. The molecule has 4 aromatic rings. The van der Waals surface area contributed by atoms with Crippen molar-refractivity contribution in [3.05, 3.63) is 110 Å². The molecule has 0 saturated carbocycles. The van der Waals surface area contributed by atoms with Crippen molar-refractivity contribution in [2.45, 2.75) is 17.5 Å². The number of amides is 1. The number of nitro groups is 1. The van der Waals surface area contributed by atoms with Crippen molar-refractivity contribution in [1.82, 2.24) is 9.55 Å². The van der Waals surface area contributed by atoms with Gasteiger partial charge in [0.2, 0.25) is 5.91 Å². The standard InChI is InChI=1S/C23H18N4O4S/c24-21(28)16-10-11-17(20(12-16)27(30)31)14-32-23-25-19-9-5-4-8-18(19)22(29)26(23)13-15-6-2-1-3-7-15/h1-12H,13-14H2,(H2,24,28). The molecule has 0 aliphatic heterocycles. The summed E-state index contributed by atoms with van der Waals surface area (Å²) in [6.45, 7) is 0.322. The number of aromatic nitrogens is 2. The SMILES string of the molecule is NC(=O)c1ccc(CSc2nc3ccccc3c(=O)n2Cc2ccccc2)c([N+](=O)[O-])c1. The van der Waals surface area contributed by atoms with Crippen LogP contribution < -0.4 is 11.3 Å². The van der Waals surface area contributed by atoms with Gasteiger partial charge in [0.25, 0.3) is 11.2 Å². The molecule has 0 unspecified atom stereocenters. The number of primary amides is 1. The minimum absolute atomic E-state index is 0.0651. The fourth-order valence-electron chi connectivity index (χ4n) is 3.31. The molecular formula is C23H18N4O4S. The summed E-state index contributed by atoms with van der Waals surface area (Å²) in [5.74, 6) is -0.547. The van der Waals surface area contributed by atoms with Gasteiger partial charge < -0.3 is 5.73 Å². The van der Waals surface area contributed by atoms with Crippen molar-refractivity contribution in [1.29, 1.82) is 0 Å². The summed E-state index contributed by atoms with van der Waals surface area (Å²) < 4.78 is 1.58. The number of fused-ring (bicyclic) bond motifs is 1. The molecule has 0 bridgehead atoms. The van der Waals surface area contributed by atoms with E-state index >= 15 is 0 Å². The van der Waals surface area contributed by atoms with Crippen molar-refractivity contribution in [2.24, 2.45) is 5.73 Å². The van der Waals surface area contributed by atoms with Gasteiger partial charge in [-0.25, -0.2) is 4.98 Å². The molecule has 0 fully saturated rings. The average molecular weight is 446 g/mol. The van der Waals surface area contributed by atoms with E-state index in [0.29, 0.717) is 28.2 Å². The first kappa shape index (κ1) is 21.3. The largest absolute Gasteiger partial charge is 0.366 e. The number of rotatable bonds is 7. The molecule has 8 nitrogen and oxygen atoms in total. The number of nitrogens with two attached hydrogens (primary N) is 1. The minimum Gasteiger partial charge on any atom is -0.366 e. The Morgan fingerprint density at radius 1 is 1.06 bits per heavy atom. The van der Waals surface area contributed by atoms with Gasteiger partial charge in [-0.2, -0.15) is 0 Å². The monoisotopic (exact) mass is 446 g/mol. The van der Waals surface area contributed by atoms with Gasteiger partial charge in [0.15, 0.2) is 5.16 Å². The second-order valence-corrected chi connectivity index (χ2v) is 7.98. The van der Waals surface area contributed by atoms with Crippen molar-refractivity contribution in [2.75, 3.05) is 0 Å². The van der Waals surface area contributed by atoms with Gasteiger partial charge in [0.1, 0.15) is 0 Å². The van der Waals surface area contributed by atoms with E-state index in [1.54, 1.807) is 28.8 Å². The smallest absolute Gasteiger partial charge is 0.274 e. The van der Waals surface area contributed by atoms with E-state index in [4.69, 9.17) is 5.73 Å². The molecule has 32 heavy (non-hydrogen) atoms. The molecule has 3 aromatic carbocycles. The van der Waals surface area contributed by atoms with Crippen LogP contribution in [-0.4, -0.2) is 20.4 Å². The highest BCUT2D eigenvalue weighted by atomic mass is 32.2. The van der Waals surface area contributed by atoms with Crippen LogP contribution in [0.3, 0.4) is 0 Å². The second kappa shape index (κ2) is 9.03. The summed E-state index contributed by atoms with van der Waals surface area (Å²) in [5.41, 5.74) is 6.82. The lowest BCUT2D eigenvalue weighted by Gasteiger charge is -2.13. The molecule has 0 radical (unpaired) electrons. The van der Waals surface area contributed by atoms with Crippen molar-refractivity contribution in [3.63, 3.8) is 0 Å². The molecule has 2 N–H and O–H groups in total. The molecule has 0 aliphatic carbocycles. The van der Waals surface area contributed by atoms with Gasteiger partial charge in [0, 0.05) is 22.9 Å². The topological polar surface area (TPSA) is 121 Å². The number of nitrogens with zero attached hydrogens (tertiary/aromatic N) is 3.